The van der Waals surface area contributed by atoms with Gasteiger partial charge < -0.3 is 39.5 Å². The molecule has 0 spiro atoms. The number of likely N-dealkylation sites (tertiary alicyclic amines) is 1. The highest BCUT2D eigenvalue weighted by atomic mass is 35.5. The summed E-state index contributed by atoms with van der Waals surface area (Å²) >= 11 is 7.74. The van der Waals surface area contributed by atoms with Gasteiger partial charge in [-0.3, -0.25) is 39.9 Å². The molecule has 4 heterocycles. The SMILES string of the molecule is CC(=N)N1C(=N)[C@H](CC(=O)N[C@H](C)c2ccc(OCCCOCCOCC(=O)N[C@H](C(=O)N3CCC[C@H]3C(=O)NCc3ccc(-c4ocnc4C)cc3)C(C)(C)C)cc2)N=C(c2ccc(Cl)cc2)c2c1sc(C)c2C. The number of carbonyl (C=O) groups is 4. The molecule has 7 rings (SSSR count). The average Bonchev–Trinajstić information content (AvgIpc) is 4.10. The van der Waals surface area contributed by atoms with Crippen molar-refractivity contribution >= 4 is 69.0 Å². The van der Waals surface area contributed by atoms with Gasteiger partial charge in [-0.1, -0.05) is 80.9 Å². The first-order valence-corrected chi connectivity index (χ1v) is 26.4. The molecule has 2 aliphatic rings. The van der Waals surface area contributed by atoms with Crippen molar-refractivity contribution in [3.63, 3.8) is 0 Å². The lowest BCUT2D eigenvalue weighted by atomic mass is 9.85. The number of ether oxygens (including phenoxy) is 3. The van der Waals surface area contributed by atoms with Crippen LogP contribution in [0, 0.1) is 37.0 Å². The van der Waals surface area contributed by atoms with Crippen LogP contribution in [0.5, 0.6) is 5.75 Å². The summed E-state index contributed by atoms with van der Waals surface area (Å²) in [6.07, 6.45) is 3.14. The van der Waals surface area contributed by atoms with Gasteiger partial charge in [0.05, 0.1) is 43.7 Å². The van der Waals surface area contributed by atoms with Gasteiger partial charge >= 0.3 is 0 Å². The minimum absolute atomic E-state index is 0.0605. The van der Waals surface area contributed by atoms with Crippen LogP contribution >= 0.6 is 22.9 Å². The van der Waals surface area contributed by atoms with Gasteiger partial charge in [0.2, 0.25) is 23.6 Å². The van der Waals surface area contributed by atoms with Crippen molar-refractivity contribution in [1.29, 1.82) is 10.8 Å². The van der Waals surface area contributed by atoms with E-state index >= 15 is 0 Å². The Kier molecular flexibility index (Phi) is 18.8. The third-order valence-electron chi connectivity index (χ3n) is 13.2. The summed E-state index contributed by atoms with van der Waals surface area (Å²) in [4.78, 5) is 67.4. The molecule has 0 radical (unpaired) electrons. The lowest BCUT2D eigenvalue weighted by Gasteiger charge is -2.35. The molecule has 2 aromatic heterocycles. The molecular formula is C56H68ClN9O8S. The van der Waals surface area contributed by atoms with Crippen LogP contribution in [0.15, 0.2) is 88.6 Å². The maximum Gasteiger partial charge on any atom is 0.246 e. The average molecular weight is 1060 g/mol. The molecule has 19 heteroatoms. The molecular weight excluding hydrogens is 994 g/mol. The lowest BCUT2D eigenvalue weighted by Crippen LogP contribution is -2.58. The van der Waals surface area contributed by atoms with E-state index in [0.29, 0.717) is 67.8 Å². The van der Waals surface area contributed by atoms with Crippen LogP contribution in [0.1, 0.15) is 105 Å². The van der Waals surface area contributed by atoms with Crippen LogP contribution < -0.4 is 25.6 Å². The number of thiophene rings is 1. The highest BCUT2D eigenvalue weighted by Gasteiger charge is 2.42. The fourth-order valence-corrected chi connectivity index (χ4v) is 10.4. The fraction of sp³-hybridized carbons (Fsp3) is 0.429. The Labute approximate surface area is 447 Å². The van der Waals surface area contributed by atoms with Gasteiger partial charge in [-0.25, -0.2) is 4.98 Å². The van der Waals surface area contributed by atoms with Crippen molar-refractivity contribution in [3.05, 3.63) is 123 Å². The number of oxazole rings is 1. The molecule has 398 valence electrons. The molecule has 3 aromatic carbocycles. The molecule has 1 saturated heterocycles. The molecule has 17 nitrogen and oxygen atoms in total. The zero-order chi connectivity index (χ0) is 54.0. The van der Waals surface area contributed by atoms with E-state index in [4.69, 9.17) is 40.6 Å². The maximum atomic E-state index is 14.0. The molecule has 5 N–H and O–H groups in total. The van der Waals surface area contributed by atoms with Crippen LogP contribution in [0.25, 0.3) is 11.3 Å². The number of carbonyl (C=O) groups excluding carboxylic acids is 4. The van der Waals surface area contributed by atoms with Gasteiger partial charge in [0.15, 0.2) is 12.2 Å². The second kappa shape index (κ2) is 25.2. The van der Waals surface area contributed by atoms with Gasteiger partial charge in [-0.2, -0.15) is 0 Å². The molecule has 0 aliphatic carbocycles. The maximum absolute atomic E-state index is 14.0. The summed E-state index contributed by atoms with van der Waals surface area (Å²) < 4.78 is 22.7. The van der Waals surface area contributed by atoms with E-state index in [1.165, 1.54) is 17.7 Å². The number of fused-ring (bicyclic) bond motifs is 1. The number of benzene rings is 3. The van der Waals surface area contributed by atoms with Crippen LogP contribution in [-0.4, -0.2) is 109 Å². The predicted octanol–water partition coefficient (Wildman–Crippen LogP) is 8.89. The van der Waals surface area contributed by atoms with Crippen molar-refractivity contribution in [3.8, 4) is 17.1 Å². The number of halogens is 1. The van der Waals surface area contributed by atoms with Gasteiger partial charge in [0.25, 0.3) is 0 Å². The van der Waals surface area contributed by atoms with Crippen molar-refractivity contribution in [2.75, 3.05) is 44.5 Å². The number of aryl methyl sites for hydroxylation is 2. The normalized spacial score (nSPS) is 16.4. The number of rotatable bonds is 21. The Balaban J connectivity index is 0.796. The third kappa shape index (κ3) is 14.2. The predicted molar refractivity (Wildman–Crippen MR) is 292 cm³/mol. The smallest absolute Gasteiger partial charge is 0.246 e. The summed E-state index contributed by atoms with van der Waals surface area (Å²) in [6.45, 7) is 16.8. The first-order valence-electron chi connectivity index (χ1n) is 25.2. The Morgan fingerprint density at radius 2 is 1.60 bits per heavy atom. The van der Waals surface area contributed by atoms with E-state index < -0.39 is 29.4 Å². The largest absolute Gasteiger partial charge is 0.494 e. The quantitative estimate of drug-likeness (QED) is 0.0267. The number of anilines is 1. The van der Waals surface area contributed by atoms with Gasteiger partial charge in [0, 0.05) is 52.7 Å². The Bertz CT molecular complexity index is 2880. The first-order chi connectivity index (χ1) is 35.8. The van der Waals surface area contributed by atoms with Crippen LogP contribution in [0.3, 0.4) is 0 Å². The summed E-state index contributed by atoms with van der Waals surface area (Å²) in [5.41, 5.74) is 6.16. The molecule has 4 amide bonds. The van der Waals surface area contributed by atoms with Gasteiger partial charge in [-0.05, 0) is 93.8 Å². The minimum atomic E-state index is -0.869. The minimum Gasteiger partial charge on any atom is -0.494 e. The standard InChI is InChI=1S/C56H68ClN9O8S/c1-33-36(4)75-55-48(33)49(40-16-20-42(57)21-17-40)63-44(52(59)66(55)37(5)58)29-46(67)62-34(2)39-18-22-43(23-19-39)73-26-10-25-71-27-28-72-31-47(68)64-51(56(6,7)8)54(70)65-24-9-11-45(65)53(69)60-30-38-12-14-41(15-13-38)50-35(3)61-32-74-50/h12-23,32,34,44-45,51,58-59H,9-11,24-31H2,1-8H3,(H,60,69)(H,62,67)(H,64,68)/t34-,44+,45+,51-/m1/s1. The highest BCUT2D eigenvalue weighted by Crippen LogP contribution is 2.40. The number of aromatic nitrogens is 1. The molecule has 75 heavy (non-hydrogen) atoms. The number of amidine groups is 2. The Hall–Kier alpha value is -6.73. The van der Waals surface area contributed by atoms with E-state index in [1.54, 1.807) is 28.9 Å². The lowest BCUT2D eigenvalue weighted by molar-refractivity contribution is -0.144. The number of hydrogen-bond acceptors (Lipinski definition) is 13. The highest BCUT2D eigenvalue weighted by molar-refractivity contribution is 7.17. The zero-order valence-electron chi connectivity index (χ0n) is 43.9. The third-order valence-corrected chi connectivity index (χ3v) is 14.7. The molecule has 0 bridgehead atoms. The Morgan fingerprint density at radius 3 is 2.27 bits per heavy atom. The zero-order valence-corrected chi connectivity index (χ0v) is 45.5. The summed E-state index contributed by atoms with van der Waals surface area (Å²) in [5, 5.41) is 28.1. The van der Waals surface area contributed by atoms with Crippen molar-refractivity contribution in [1.82, 2.24) is 25.8 Å². The van der Waals surface area contributed by atoms with Crippen LogP contribution in [0.2, 0.25) is 5.02 Å². The van der Waals surface area contributed by atoms with E-state index in [1.807, 2.05) is 109 Å². The molecule has 5 aromatic rings. The molecule has 0 saturated carbocycles. The van der Waals surface area contributed by atoms with Gasteiger partial charge in [-0.15, -0.1) is 11.3 Å². The molecule has 2 aliphatic heterocycles. The van der Waals surface area contributed by atoms with E-state index in [0.717, 1.165) is 49.0 Å². The van der Waals surface area contributed by atoms with Crippen molar-refractivity contribution in [2.45, 2.75) is 112 Å². The van der Waals surface area contributed by atoms with Crippen molar-refractivity contribution < 1.29 is 37.8 Å². The van der Waals surface area contributed by atoms with Gasteiger partial charge in [0.1, 0.15) is 47.2 Å². The van der Waals surface area contributed by atoms with Crippen molar-refractivity contribution in [2.24, 2.45) is 10.4 Å². The number of aliphatic imine (C=N–C) groups is 1. The van der Waals surface area contributed by atoms with E-state index in [-0.39, 0.29) is 61.7 Å². The topological polar surface area (TPSA) is 225 Å². The first kappa shape index (κ1) is 56.0. The van der Waals surface area contributed by atoms with Crippen LogP contribution in [0.4, 0.5) is 5.00 Å². The number of amides is 4. The second-order valence-corrected chi connectivity index (χ2v) is 21.6. The fourth-order valence-electron chi connectivity index (χ4n) is 9.02. The summed E-state index contributed by atoms with van der Waals surface area (Å²) in [6, 6.07) is 19.8. The van der Waals surface area contributed by atoms with E-state index in [2.05, 4.69) is 20.9 Å². The van der Waals surface area contributed by atoms with E-state index in [9.17, 15) is 24.6 Å². The second-order valence-electron chi connectivity index (χ2n) is 19.9. The molecule has 4 atom stereocenters. The number of nitrogens with one attached hydrogen (secondary N) is 5. The molecule has 0 unspecified atom stereocenters. The number of nitrogens with zero attached hydrogens (tertiary/aromatic N) is 4. The monoisotopic (exact) mass is 1060 g/mol. The summed E-state index contributed by atoms with van der Waals surface area (Å²) in [5.74, 6) is 0.333. The Morgan fingerprint density at radius 1 is 0.907 bits per heavy atom. The number of hydrogen-bond donors (Lipinski definition) is 5. The van der Waals surface area contributed by atoms with Crippen LogP contribution in [-0.2, 0) is 35.2 Å². The summed E-state index contributed by atoms with van der Waals surface area (Å²) in [7, 11) is 0. The molecule has 1 fully saturated rings.